The second kappa shape index (κ2) is 8.59. The average Bonchev–Trinajstić information content (AvgIpc) is 2.80. The molecule has 5 nitrogen and oxygen atoms in total. The maximum absolute atomic E-state index is 14.1. The van der Waals surface area contributed by atoms with E-state index in [1.807, 2.05) is 10.6 Å². The van der Waals surface area contributed by atoms with Gasteiger partial charge in [-0.25, -0.2) is 4.79 Å². The van der Waals surface area contributed by atoms with Gasteiger partial charge in [-0.1, -0.05) is 30.3 Å². The number of hydrogen-bond donors (Lipinski definition) is 0. The molecule has 1 aromatic heterocycles. The molecule has 8 heteroatoms. The summed E-state index contributed by atoms with van der Waals surface area (Å²) in [6, 6.07) is 12.8. The topological polar surface area (TPSA) is 57.5 Å². The van der Waals surface area contributed by atoms with Gasteiger partial charge in [-0.15, -0.1) is 0 Å². The number of halogens is 3. The summed E-state index contributed by atoms with van der Waals surface area (Å²) in [4.78, 5) is 25.1. The molecular formula is C27H24F3NO4. The summed E-state index contributed by atoms with van der Waals surface area (Å²) in [6.07, 6.45) is -0.154. The number of carbonyl (C=O) groups is 1. The zero-order valence-corrected chi connectivity index (χ0v) is 19.2. The highest BCUT2D eigenvalue weighted by Gasteiger charge is 2.45. The minimum absolute atomic E-state index is 0.00674. The molecule has 0 unspecified atom stereocenters. The number of ether oxygens (including phenoxy) is 2. The molecule has 0 saturated heterocycles. The van der Waals surface area contributed by atoms with E-state index in [0.717, 1.165) is 30.9 Å². The van der Waals surface area contributed by atoms with Gasteiger partial charge in [0.15, 0.2) is 5.43 Å². The maximum Gasteiger partial charge on any atom is 0.419 e. The Morgan fingerprint density at radius 1 is 1.11 bits per heavy atom. The molecule has 35 heavy (non-hydrogen) atoms. The zero-order valence-electron chi connectivity index (χ0n) is 19.2. The van der Waals surface area contributed by atoms with Crippen molar-refractivity contribution in [3.63, 3.8) is 0 Å². The summed E-state index contributed by atoms with van der Waals surface area (Å²) in [5, 5.41) is 0. The van der Waals surface area contributed by atoms with Crippen LogP contribution in [0.3, 0.4) is 0 Å². The quantitative estimate of drug-likeness (QED) is 0.435. The molecule has 0 bridgehead atoms. The van der Waals surface area contributed by atoms with E-state index in [1.165, 1.54) is 18.3 Å². The van der Waals surface area contributed by atoms with Crippen molar-refractivity contribution >= 4 is 5.97 Å². The summed E-state index contributed by atoms with van der Waals surface area (Å²) in [5.74, 6) is -0.956. The van der Waals surface area contributed by atoms with E-state index < -0.39 is 28.7 Å². The Bertz CT molecular complexity index is 1340. The molecule has 0 N–H and O–H groups in total. The standard InChI is InChI=1S/C27H24F3NO4/c1-2-34-25(33)20-15-31-22(13-23(20)32)19-12-21(27(28,29)30)24(35-16-17-7-4-3-5-8-17)11-18(19)14-26(31)9-6-10-26/h3-5,7-8,11-13,15H,2,6,9-10,14,16H2,1H3. The summed E-state index contributed by atoms with van der Waals surface area (Å²) >= 11 is 0. The van der Waals surface area contributed by atoms with Crippen molar-refractivity contribution in [1.29, 1.82) is 0 Å². The number of alkyl halides is 3. The molecule has 1 fully saturated rings. The second-order valence-electron chi connectivity index (χ2n) is 9.06. The lowest BCUT2D eigenvalue weighted by atomic mass is 9.69. The number of aromatic nitrogens is 1. The van der Waals surface area contributed by atoms with Gasteiger partial charge in [-0.05, 0) is 55.9 Å². The lowest BCUT2D eigenvalue weighted by Gasteiger charge is -2.49. The number of pyridine rings is 1. The van der Waals surface area contributed by atoms with Crippen molar-refractivity contribution in [3.05, 3.63) is 87.2 Å². The van der Waals surface area contributed by atoms with E-state index in [4.69, 9.17) is 9.47 Å². The van der Waals surface area contributed by atoms with Crippen molar-refractivity contribution in [2.75, 3.05) is 6.61 Å². The fourth-order valence-corrected chi connectivity index (χ4v) is 5.02. The largest absolute Gasteiger partial charge is 0.488 e. The van der Waals surface area contributed by atoms with Crippen LogP contribution in [0.15, 0.2) is 59.5 Å². The fourth-order valence-electron chi connectivity index (χ4n) is 5.02. The molecule has 0 radical (unpaired) electrons. The van der Waals surface area contributed by atoms with Crippen LogP contribution in [-0.2, 0) is 29.5 Å². The second-order valence-corrected chi connectivity index (χ2v) is 9.06. The van der Waals surface area contributed by atoms with Crippen molar-refractivity contribution in [2.24, 2.45) is 0 Å². The summed E-state index contributed by atoms with van der Waals surface area (Å²) in [6.45, 7) is 1.77. The van der Waals surface area contributed by atoms with Crippen LogP contribution in [0, 0.1) is 0 Å². The van der Waals surface area contributed by atoms with E-state index in [0.29, 0.717) is 23.2 Å². The molecule has 2 heterocycles. The van der Waals surface area contributed by atoms with Gasteiger partial charge >= 0.3 is 12.1 Å². The van der Waals surface area contributed by atoms with E-state index in [-0.39, 0.29) is 24.5 Å². The molecule has 1 saturated carbocycles. The van der Waals surface area contributed by atoms with Crippen LogP contribution in [0.25, 0.3) is 11.3 Å². The lowest BCUT2D eigenvalue weighted by Crippen LogP contribution is -2.46. The van der Waals surface area contributed by atoms with Gasteiger partial charge in [0.25, 0.3) is 0 Å². The Labute approximate surface area is 200 Å². The van der Waals surface area contributed by atoms with E-state index in [9.17, 15) is 22.8 Å². The Hall–Kier alpha value is -3.55. The SMILES string of the molecule is CCOC(=O)c1cn2c(cc1=O)-c1cc(C(F)(F)F)c(OCc3ccccc3)cc1CC21CCC1. The number of benzene rings is 2. The first-order valence-electron chi connectivity index (χ1n) is 11.6. The van der Waals surface area contributed by atoms with Crippen LogP contribution >= 0.6 is 0 Å². The molecule has 1 aliphatic heterocycles. The number of nitrogens with zero attached hydrogens (tertiary/aromatic N) is 1. The number of carbonyl (C=O) groups excluding carboxylic acids is 1. The normalized spacial score (nSPS) is 15.7. The number of esters is 1. The molecular weight excluding hydrogens is 459 g/mol. The predicted molar refractivity (Wildman–Crippen MR) is 123 cm³/mol. The van der Waals surface area contributed by atoms with Gasteiger partial charge in [-0.2, -0.15) is 13.2 Å². The monoisotopic (exact) mass is 483 g/mol. The van der Waals surface area contributed by atoms with Crippen LogP contribution in [-0.4, -0.2) is 17.1 Å². The van der Waals surface area contributed by atoms with Gasteiger partial charge in [0, 0.05) is 23.4 Å². The molecule has 0 atom stereocenters. The van der Waals surface area contributed by atoms with Crippen molar-refractivity contribution < 1.29 is 27.4 Å². The highest BCUT2D eigenvalue weighted by Crippen LogP contribution is 2.51. The summed E-state index contributed by atoms with van der Waals surface area (Å²) in [5.41, 5.74) is 0.192. The molecule has 2 aromatic carbocycles. The highest BCUT2D eigenvalue weighted by atomic mass is 19.4. The van der Waals surface area contributed by atoms with Crippen LogP contribution in [0.1, 0.15) is 53.2 Å². The van der Waals surface area contributed by atoms with Crippen molar-refractivity contribution in [1.82, 2.24) is 4.57 Å². The number of fused-ring (bicyclic) bond motifs is 4. The highest BCUT2D eigenvalue weighted by molar-refractivity contribution is 5.89. The van der Waals surface area contributed by atoms with Crippen LogP contribution in [0.2, 0.25) is 0 Å². The summed E-state index contributed by atoms with van der Waals surface area (Å²) in [7, 11) is 0. The molecule has 182 valence electrons. The third kappa shape index (κ3) is 4.11. The van der Waals surface area contributed by atoms with E-state index in [1.54, 1.807) is 31.2 Å². The first-order chi connectivity index (χ1) is 16.7. The Morgan fingerprint density at radius 2 is 1.86 bits per heavy atom. The van der Waals surface area contributed by atoms with Gasteiger partial charge in [0.05, 0.1) is 17.9 Å². The predicted octanol–water partition coefficient (Wildman–Crippen LogP) is 5.73. The first kappa shape index (κ1) is 23.2. The van der Waals surface area contributed by atoms with Crippen LogP contribution < -0.4 is 10.2 Å². The van der Waals surface area contributed by atoms with Crippen LogP contribution in [0.4, 0.5) is 13.2 Å². The maximum atomic E-state index is 14.1. The first-order valence-corrected chi connectivity index (χ1v) is 11.6. The molecule has 5 rings (SSSR count). The minimum atomic E-state index is -4.65. The van der Waals surface area contributed by atoms with Crippen LogP contribution in [0.5, 0.6) is 5.75 Å². The Morgan fingerprint density at radius 3 is 2.49 bits per heavy atom. The third-order valence-corrected chi connectivity index (χ3v) is 6.89. The molecule has 1 aliphatic carbocycles. The number of hydrogen-bond acceptors (Lipinski definition) is 4. The fraction of sp³-hybridized carbons (Fsp3) is 0.333. The van der Waals surface area contributed by atoms with Gasteiger partial charge in [0.2, 0.25) is 0 Å². The van der Waals surface area contributed by atoms with Gasteiger partial charge in [0.1, 0.15) is 17.9 Å². The number of rotatable bonds is 5. The van der Waals surface area contributed by atoms with Gasteiger partial charge < -0.3 is 14.0 Å². The zero-order chi connectivity index (χ0) is 24.8. The Balaban J connectivity index is 1.63. The summed E-state index contributed by atoms with van der Waals surface area (Å²) < 4.78 is 54.7. The van der Waals surface area contributed by atoms with Crippen molar-refractivity contribution in [3.8, 4) is 17.0 Å². The third-order valence-electron chi connectivity index (χ3n) is 6.89. The smallest absolute Gasteiger partial charge is 0.419 e. The Kier molecular flexibility index (Phi) is 5.69. The van der Waals surface area contributed by atoms with Crippen molar-refractivity contribution in [2.45, 2.75) is 50.9 Å². The minimum Gasteiger partial charge on any atom is -0.488 e. The molecule has 1 spiro atoms. The molecule has 0 amide bonds. The van der Waals surface area contributed by atoms with E-state index >= 15 is 0 Å². The van der Waals surface area contributed by atoms with E-state index in [2.05, 4.69) is 0 Å². The lowest BCUT2D eigenvalue weighted by molar-refractivity contribution is -0.139. The molecule has 3 aromatic rings. The average molecular weight is 483 g/mol. The molecule has 2 aliphatic rings. The van der Waals surface area contributed by atoms with Gasteiger partial charge in [-0.3, -0.25) is 4.79 Å².